The highest BCUT2D eigenvalue weighted by Crippen LogP contribution is 2.42. The van der Waals surface area contributed by atoms with Gasteiger partial charge in [-0.25, -0.2) is 0 Å². The normalized spacial score (nSPS) is 37.6. The average molecular weight is 281 g/mol. The summed E-state index contributed by atoms with van der Waals surface area (Å²) in [6.07, 6.45) is 9.17. The first-order valence-electron chi connectivity index (χ1n) is 8.61. The second-order valence-electron chi connectivity index (χ2n) is 7.86. The molecule has 2 N–H and O–H groups in total. The lowest BCUT2D eigenvalue weighted by Gasteiger charge is -2.37. The van der Waals surface area contributed by atoms with Crippen LogP contribution in [0.15, 0.2) is 0 Å². The molecule has 3 heteroatoms. The maximum absolute atomic E-state index is 9.95. The van der Waals surface area contributed by atoms with Crippen molar-refractivity contribution in [1.82, 2.24) is 5.32 Å². The Hall–Kier alpha value is -0.120. The minimum atomic E-state index is -0.148. The fraction of sp³-hybridized carbons (Fsp3) is 1.00. The van der Waals surface area contributed by atoms with E-state index in [-0.39, 0.29) is 12.1 Å². The van der Waals surface area contributed by atoms with Crippen LogP contribution in [0.1, 0.15) is 58.8 Å². The number of nitrogens with one attached hydrogen (secondary N) is 1. The molecule has 0 spiro atoms. The van der Waals surface area contributed by atoms with Gasteiger partial charge in [0.05, 0.1) is 24.9 Å². The Labute approximate surface area is 123 Å². The lowest BCUT2D eigenvalue weighted by molar-refractivity contribution is -0.0474. The van der Waals surface area contributed by atoms with Crippen molar-refractivity contribution in [2.45, 2.75) is 76.5 Å². The van der Waals surface area contributed by atoms with Crippen LogP contribution in [0.25, 0.3) is 0 Å². The third-order valence-electron chi connectivity index (χ3n) is 5.42. The van der Waals surface area contributed by atoms with Gasteiger partial charge in [0.2, 0.25) is 0 Å². The molecule has 0 amide bonds. The molecule has 3 nitrogen and oxygen atoms in total. The predicted octanol–water partition coefficient (Wildman–Crippen LogP) is 2.72. The fourth-order valence-electron chi connectivity index (χ4n) is 4.04. The highest BCUT2D eigenvalue weighted by molar-refractivity contribution is 5.04. The summed E-state index contributed by atoms with van der Waals surface area (Å²) in [5, 5.41) is 13.7. The molecule has 0 radical (unpaired) electrons. The summed E-state index contributed by atoms with van der Waals surface area (Å²) in [6, 6.07) is 0.635. The van der Waals surface area contributed by atoms with Crippen molar-refractivity contribution in [3.63, 3.8) is 0 Å². The van der Waals surface area contributed by atoms with Crippen molar-refractivity contribution in [1.29, 1.82) is 0 Å². The molecule has 3 aliphatic carbocycles. The first-order valence-corrected chi connectivity index (χ1v) is 8.61. The lowest BCUT2D eigenvalue weighted by Crippen LogP contribution is -2.56. The Morgan fingerprint density at radius 2 is 1.70 bits per heavy atom. The van der Waals surface area contributed by atoms with Crippen LogP contribution in [0.5, 0.6) is 0 Å². The lowest BCUT2D eigenvalue weighted by atomic mass is 9.81. The van der Waals surface area contributed by atoms with E-state index >= 15 is 0 Å². The molecular weight excluding hydrogens is 250 g/mol. The number of aliphatic hydroxyl groups is 1. The highest BCUT2D eigenvalue weighted by Gasteiger charge is 2.48. The molecule has 3 fully saturated rings. The molecule has 3 saturated carbocycles. The van der Waals surface area contributed by atoms with Gasteiger partial charge in [-0.1, -0.05) is 13.8 Å². The molecule has 20 heavy (non-hydrogen) atoms. The Morgan fingerprint density at radius 1 is 1.05 bits per heavy atom. The van der Waals surface area contributed by atoms with Crippen LogP contribution in [-0.4, -0.2) is 36.0 Å². The van der Waals surface area contributed by atoms with Gasteiger partial charge < -0.3 is 15.2 Å². The monoisotopic (exact) mass is 281 g/mol. The van der Waals surface area contributed by atoms with E-state index in [4.69, 9.17) is 4.74 Å². The van der Waals surface area contributed by atoms with Crippen molar-refractivity contribution >= 4 is 0 Å². The van der Waals surface area contributed by atoms with Gasteiger partial charge in [0, 0.05) is 6.04 Å². The second-order valence-corrected chi connectivity index (χ2v) is 7.86. The summed E-state index contributed by atoms with van der Waals surface area (Å²) < 4.78 is 6.29. The fourth-order valence-corrected chi connectivity index (χ4v) is 4.04. The first-order chi connectivity index (χ1) is 9.61. The van der Waals surface area contributed by atoms with Crippen molar-refractivity contribution < 1.29 is 9.84 Å². The standard InChI is InChI=1S/C17H31NO2/c1-12-7-13(2)9-16(8-12)20-11-17(10-19,14-3-4-14)18-15-5-6-15/h12-16,18-19H,3-11H2,1-2H3. The van der Waals surface area contributed by atoms with E-state index in [2.05, 4.69) is 19.2 Å². The van der Waals surface area contributed by atoms with Gasteiger partial charge in [-0.15, -0.1) is 0 Å². The number of hydrogen-bond acceptors (Lipinski definition) is 3. The number of rotatable bonds is 7. The maximum atomic E-state index is 9.95. The molecule has 116 valence electrons. The van der Waals surface area contributed by atoms with E-state index in [1.807, 2.05) is 0 Å². The van der Waals surface area contributed by atoms with E-state index in [1.54, 1.807) is 0 Å². The van der Waals surface area contributed by atoms with Gasteiger partial charge >= 0.3 is 0 Å². The van der Waals surface area contributed by atoms with E-state index in [9.17, 15) is 5.11 Å². The van der Waals surface area contributed by atoms with Gasteiger partial charge in [0.25, 0.3) is 0 Å². The molecule has 0 bridgehead atoms. The van der Waals surface area contributed by atoms with Crippen LogP contribution < -0.4 is 5.32 Å². The second kappa shape index (κ2) is 5.94. The third-order valence-corrected chi connectivity index (χ3v) is 5.42. The zero-order valence-corrected chi connectivity index (χ0v) is 13.1. The van der Waals surface area contributed by atoms with E-state index in [1.165, 1.54) is 44.9 Å². The molecule has 3 atom stereocenters. The third kappa shape index (κ3) is 3.55. The van der Waals surface area contributed by atoms with Crippen molar-refractivity contribution in [2.75, 3.05) is 13.2 Å². The molecule has 0 saturated heterocycles. The van der Waals surface area contributed by atoms with E-state index in [0.717, 1.165) is 11.8 Å². The van der Waals surface area contributed by atoms with Crippen LogP contribution in [0.3, 0.4) is 0 Å². The molecule has 0 heterocycles. The SMILES string of the molecule is CC1CC(C)CC(OCC(CO)(NC2CC2)C2CC2)C1. The number of ether oxygens (including phenoxy) is 1. The summed E-state index contributed by atoms with van der Waals surface area (Å²) in [4.78, 5) is 0. The highest BCUT2D eigenvalue weighted by atomic mass is 16.5. The molecule has 3 aliphatic rings. The van der Waals surface area contributed by atoms with Crippen LogP contribution in [-0.2, 0) is 4.74 Å². The van der Waals surface area contributed by atoms with E-state index in [0.29, 0.717) is 24.7 Å². The van der Waals surface area contributed by atoms with Crippen LogP contribution in [0, 0.1) is 17.8 Å². The molecule has 0 aromatic carbocycles. The number of aliphatic hydroxyl groups excluding tert-OH is 1. The Morgan fingerprint density at radius 3 is 2.20 bits per heavy atom. The first kappa shape index (κ1) is 14.8. The minimum Gasteiger partial charge on any atom is -0.394 e. The van der Waals surface area contributed by atoms with Crippen LogP contribution in [0.2, 0.25) is 0 Å². The van der Waals surface area contributed by atoms with Crippen LogP contribution in [0.4, 0.5) is 0 Å². The maximum Gasteiger partial charge on any atom is 0.0681 e. The predicted molar refractivity (Wildman–Crippen MR) is 80.6 cm³/mol. The smallest absolute Gasteiger partial charge is 0.0681 e. The van der Waals surface area contributed by atoms with Gasteiger partial charge in [0.1, 0.15) is 0 Å². The summed E-state index contributed by atoms with van der Waals surface area (Å²) >= 11 is 0. The average Bonchev–Trinajstić information content (AvgIpc) is 3.25. The quantitative estimate of drug-likeness (QED) is 0.754. The van der Waals surface area contributed by atoms with E-state index < -0.39 is 0 Å². The molecule has 0 aliphatic heterocycles. The zero-order valence-electron chi connectivity index (χ0n) is 13.1. The Balaban J connectivity index is 1.55. The van der Waals surface area contributed by atoms with Crippen LogP contribution >= 0.6 is 0 Å². The summed E-state index contributed by atoms with van der Waals surface area (Å²) in [5.74, 6) is 2.20. The van der Waals surface area contributed by atoms with Crippen molar-refractivity contribution in [3.05, 3.63) is 0 Å². The summed E-state index contributed by atoms with van der Waals surface area (Å²) in [6.45, 7) is 5.62. The molecule has 0 aromatic rings. The largest absolute Gasteiger partial charge is 0.394 e. The molecule has 3 rings (SSSR count). The van der Waals surface area contributed by atoms with Crippen molar-refractivity contribution in [2.24, 2.45) is 17.8 Å². The zero-order chi connectivity index (χ0) is 14.2. The summed E-state index contributed by atoms with van der Waals surface area (Å²) in [5.41, 5.74) is -0.148. The molecule has 3 unspecified atom stereocenters. The summed E-state index contributed by atoms with van der Waals surface area (Å²) in [7, 11) is 0. The van der Waals surface area contributed by atoms with Gasteiger partial charge in [0.15, 0.2) is 0 Å². The minimum absolute atomic E-state index is 0.148. The molecular formula is C17H31NO2. The van der Waals surface area contributed by atoms with Gasteiger partial charge in [-0.05, 0) is 62.7 Å². The van der Waals surface area contributed by atoms with Gasteiger partial charge in [-0.3, -0.25) is 0 Å². The Kier molecular flexibility index (Phi) is 4.40. The Bertz CT molecular complexity index is 317. The number of hydrogen-bond donors (Lipinski definition) is 2. The molecule has 0 aromatic heterocycles. The van der Waals surface area contributed by atoms with Crippen molar-refractivity contribution in [3.8, 4) is 0 Å². The van der Waals surface area contributed by atoms with Gasteiger partial charge in [-0.2, -0.15) is 0 Å². The topological polar surface area (TPSA) is 41.5 Å².